The average Bonchev–Trinajstić information content (AvgIpc) is 2.95. The van der Waals surface area contributed by atoms with Crippen molar-refractivity contribution >= 4 is 22.8 Å². The Morgan fingerprint density at radius 2 is 2.10 bits per heavy atom. The zero-order valence-corrected chi connectivity index (χ0v) is 11.1. The summed E-state index contributed by atoms with van der Waals surface area (Å²) in [7, 11) is 0. The number of alkyl halides is 1. The van der Waals surface area contributed by atoms with Gasteiger partial charge >= 0.3 is 5.69 Å². The molecule has 20 heavy (non-hydrogen) atoms. The molecule has 9 nitrogen and oxygen atoms in total. The van der Waals surface area contributed by atoms with Gasteiger partial charge in [-0.25, -0.2) is 9.78 Å². The fraction of sp³-hybridized carbons (Fsp3) is 0.300. The number of aryl methyl sites for hydroxylation is 1. The van der Waals surface area contributed by atoms with Crippen LogP contribution in [0.25, 0.3) is 11.2 Å². The van der Waals surface area contributed by atoms with Gasteiger partial charge in [-0.2, -0.15) is 4.98 Å². The third-order valence-corrected chi connectivity index (χ3v) is 2.99. The normalized spacial score (nSPS) is 11.3. The second-order valence-electron chi connectivity index (χ2n) is 4.09. The van der Waals surface area contributed by atoms with Gasteiger partial charge in [-0.15, -0.1) is 11.6 Å². The van der Waals surface area contributed by atoms with Crippen molar-refractivity contribution in [3.05, 3.63) is 38.4 Å². The van der Waals surface area contributed by atoms with Crippen molar-refractivity contribution < 1.29 is 4.52 Å². The van der Waals surface area contributed by atoms with Crippen LogP contribution in [0, 0.1) is 6.92 Å². The van der Waals surface area contributed by atoms with E-state index in [9.17, 15) is 9.59 Å². The summed E-state index contributed by atoms with van der Waals surface area (Å²) in [6.45, 7) is 1.90. The van der Waals surface area contributed by atoms with E-state index in [-0.39, 0.29) is 23.6 Å². The van der Waals surface area contributed by atoms with Crippen LogP contribution < -0.4 is 11.2 Å². The number of halogens is 1. The molecule has 0 bridgehead atoms. The van der Waals surface area contributed by atoms with E-state index in [1.54, 1.807) is 11.5 Å². The number of nitrogens with one attached hydrogen (secondary N) is 2. The SMILES string of the molecule is Cc1nc2[nH]c(=O)[nH]c(=O)c2n1Cc1noc(CCl)n1. The van der Waals surface area contributed by atoms with Gasteiger partial charge in [-0.3, -0.25) is 14.8 Å². The van der Waals surface area contributed by atoms with Gasteiger partial charge in [0.2, 0.25) is 5.89 Å². The standard InChI is InChI=1S/C10H9ClN6O3/c1-4-12-8-7(9(18)15-10(19)14-8)17(4)3-5-13-6(2-11)20-16-5/h2-3H2,1H3,(H2,14,15,18,19). The van der Waals surface area contributed by atoms with Crippen LogP contribution in [0.1, 0.15) is 17.5 Å². The smallest absolute Gasteiger partial charge is 0.327 e. The van der Waals surface area contributed by atoms with Crippen LogP contribution in [0.4, 0.5) is 0 Å². The van der Waals surface area contributed by atoms with Crippen LogP contribution in [0.5, 0.6) is 0 Å². The molecule has 0 spiro atoms. The highest BCUT2D eigenvalue weighted by Crippen LogP contribution is 2.11. The van der Waals surface area contributed by atoms with Gasteiger partial charge in [-0.05, 0) is 6.92 Å². The molecule has 3 aromatic heterocycles. The molecule has 0 saturated carbocycles. The zero-order chi connectivity index (χ0) is 14.3. The zero-order valence-electron chi connectivity index (χ0n) is 10.3. The lowest BCUT2D eigenvalue weighted by Gasteiger charge is -2.01. The molecule has 0 unspecified atom stereocenters. The Morgan fingerprint density at radius 1 is 1.30 bits per heavy atom. The molecule has 0 aliphatic heterocycles. The summed E-state index contributed by atoms with van der Waals surface area (Å²) in [4.78, 5) is 35.9. The summed E-state index contributed by atoms with van der Waals surface area (Å²) in [5.74, 6) is 1.33. The summed E-state index contributed by atoms with van der Waals surface area (Å²) < 4.78 is 6.48. The first-order valence-electron chi connectivity index (χ1n) is 5.65. The predicted octanol–water partition coefficient (Wildman–Crippen LogP) is -0.109. The number of rotatable bonds is 3. The minimum Gasteiger partial charge on any atom is -0.338 e. The Morgan fingerprint density at radius 3 is 2.80 bits per heavy atom. The highest BCUT2D eigenvalue weighted by molar-refractivity contribution is 6.16. The predicted molar refractivity (Wildman–Crippen MR) is 68.7 cm³/mol. The minimum absolute atomic E-state index is 0.116. The average molecular weight is 297 g/mol. The van der Waals surface area contributed by atoms with Crippen LogP contribution in [0.15, 0.2) is 14.1 Å². The molecule has 3 rings (SSSR count). The van der Waals surface area contributed by atoms with Gasteiger partial charge in [0.25, 0.3) is 5.56 Å². The first-order chi connectivity index (χ1) is 9.58. The first-order valence-corrected chi connectivity index (χ1v) is 6.19. The van der Waals surface area contributed by atoms with E-state index in [0.717, 1.165) is 0 Å². The van der Waals surface area contributed by atoms with Crippen LogP contribution in [-0.2, 0) is 12.4 Å². The maximum absolute atomic E-state index is 11.9. The molecule has 3 heterocycles. The molecular formula is C10H9ClN6O3. The molecule has 0 fully saturated rings. The third-order valence-electron chi connectivity index (χ3n) is 2.76. The minimum atomic E-state index is -0.601. The maximum atomic E-state index is 11.9. The molecule has 0 amide bonds. The van der Waals surface area contributed by atoms with Gasteiger partial charge < -0.3 is 9.09 Å². The number of aromatic nitrogens is 6. The van der Waals surface area contributed by atoms with E-state index in [2.05, 4.69) is 25.1 Å². The van der Waals surface area contributed by atoms with Gasteiger partial charge in [0.05, 0.1) is 6.54 Å². The number of H-pyrrole nitrogens is 2. The third kappa shape index (κ3) is 2.01. The van der Waals surface area contributed by atoms with Gasteiger partial charge in [-0.1, -0.05) is 5.16 Å². The molecule has 0 aromatic carbocycles. The topological polar surface area (TPSA) is 122 Å². The van der Waals surface area contributed by atoms with Crippen molar-refractivity contribution in [1.29, 1.82) is 0 Å². The molecule has 0 atom stereocenters. The summed E-state index contributed by atoms with van der Waals surface area (Å²) in [6, 6.07) is 0. The van der Waals surface area contributed by atoms with Gasteiger partial charge in [0.1, 0.15) is 11.7 Å². The Bertz CT molecular complexity index is 888. The van der Waals surface area contributed by atoms with E-state index in [0.29, 0.717) is 17.5 Å². The largest absolute Gasteiger partial charge is 0.338 e. The second kappa shape index (κ2) is 4.60. The van der Waals surface area contributed by atoms with Crippen molar-refractivity contribution in [3.8, 4) is 0 Å². The fourth-order valence-corrected chi connectivity index (χ4v) is 2.04. The monoisotopic (exact) mass is 296 g/mol. The van der Waals surface area contributed by atoms with E-state index in [1.807, 2.05) is 0 Å². The first kappa shape index (κ1) is 12.6. The van der Waals surface area contributed by atoms with Crippen molar-refractivity contribution in [3.63, 3.8) is 0 Å². The lowest BCUT2D eigenvalue weighted by molar-refractivity contribution is 0.383. The van der Waals surface area contributed by atoms with Gasteiger partial charge in [0.15, 0.2) is 17.0 Å². The molecule has 2 N–H and O–H groups in total. The van der Waals surface area contributed by atoms with Crippen LogP contribution >= 0.6 is 11.6 Å². The molecule has 0 radical (unpaired) electrons. The number of imidazole rings is 1. The number of fused-ring (bicyclic) bond motifs is 1. The van der Waals surface area contributed by atoms with Crippen LogP contribution in [-0.4, -0.2) is 29.7 Å². The lowest BCUT2D eigenvalue weighted by Crippen LogP contribution is -2.23. The molecule has 104 valence electrons. The van der Waals surface area contributed by atoms with E-state index >= 15 is 0 Å². The number of hydrogen-bond donors (Lipinski definition) is 2. The molecule has 10 heteroatoms. The van der Waals surface area contributed by atoms with Crippen LogP contribution in [0.2, 0.25) is 0 Å². The number of hydrogen-bond acceptors (Lipinski definition) is 6. The quantitative estimate of drug-likeness (QED) is 0.650. The summed E-state index contributed by atoms with van der Waals surface area (Å²) in [6.07, 6.45) is 0. The number of nitrogens with zero attached hydrogens (tertiary/aromatic N) is 4. The van der Waals surface area contributed by atoms with Gasteiger partial charge in [0, 0.05) is 0 Å². The Balaban J connectivity index is 2.13. The Hall–Kier alpha value is -2.42. The Kier molecular flexibility index (Phi) is 2.90. The maximum Gasteiger partial charge on any atom is 0.327 e. The lowest BCUT2D eigenvalue weighted by atomic mass is 10.5. The molecule has 0 aliphatic carbocycles. The molecule has 0 saturated heterocycles. The highest BCUT2D eigenvalue weighted by atomic mass is 35.5. The second-order valence-corrected chi connectivity index (χ2v) is 4.36. The molecule has 0 aliphatic rings. The summed E-state index contributed by atoms with van der Waals surface area (Å²) in [5.41, 5.74) is -0.654. The summed E-state index contributed by atoms with van der Waals surface area (Å²) >= 11 is 5.58. The summed E-state index contributed by atoms with van der Waals surface area (Å²) in [5, 5.41) is 3.75. The number of aromatic amines is 2. The Labute approximate surface area is 115 Å². The van der Waals surface area contributed by atoms with Crippen molar-refractivity contribution in [2.75, 3.05) is 0 Å². The fourth-order valence-electron chi connectivity index (χ4n) is 1.93. The van der Waals surface area contributed by atoms with Crippen molar-refractivity contribution in [1.82, 2.24) is 29.7 Å². The van der Waals surface area contributed by atoms with Crippen molar-refractivity contribution in [2.24, 2.45) is 0 Å². The van der Waals surface area contributed by atoms with Crippen LogP contribution in [0.3, 0.4) is 0 Å². The molecular weight excluding hydrogens is 288 g/mol. The van der Waals surface area contributed by atoms with E-state index in [1.165, 1.54) is 0 Å². The highest BCUT2D eigenvalue weighted by Gasteiger charge is 2.15. The molecule has 3 aromatic rings. The van der Waals surface area contributed by atoms with Crippen molar-refractivity contribution in [2.45, 2.75) is 19.3 Å². The van der Waals surface area contributed by atoms with E-state index < -0.39 is 11.2 Å². The van der Waals surface area contributed by atoms with E-state index in [4.69, 9.17) is 16.1 Å².